The van der Waals surface area contributed by atoms with E-state index in [1.807, 2.05) is 0 Å². The molecule has 0 unspecified atom stereocenters. The van der Waals surface area contributed by atoms with E-state index in [1.54, 1.807) is 13.8 Å². The van der Waals surface area contributed by atoms with Gasteiger partial charge in [-0.3, -0.25) is 0 Å². The van der Waals surface area contributed by atoms with Gasteiger partial charge in [-0.1, -0.05) is 0 Å². The van der Waals surface area contributed by atoms with E-state index in [0.29, 0.717) is 17.2 Å². The highest BCUT2D eigenvalue weighted by atomic mass is 16.4. The first-order chi connectivity index (χ1) is 6.59. The van der Waals surface area contributed by atoms with Gasteiger partial charge in [-0.05, 0) is 13.8 Å². The average Bonchev–Trinajstić information content (AvgIpc) is 2.43. The van der Waals surface area contributed by atoms with Crippen molar-refractivity contribution in [3.63, 3.8) is 0 Å². The number of aryl methyl sites for hydroxylation is 2. The number of aromatic carboxylic acids is 1. The van der Waals surface area contributed by atoms with Gasteiger partial charge < -0.3 is 5.11 Å². The lowest BCUT2D eigenvalue weighted by Crippen LogP contribution is -2.10. The van der Waals surface area contributed by atoms with Gasteiger partial charge in [-0.25, -0.2) is 9.78 Å². The van der Waals surface area contributed by atoms with Crippen molar-refractivity contribution < 1.29 is 9.90 Å². The Balaban J connectivity index is 2.88. The highest BCUT2D eigenvalue weighted by molar-refractivity contribution is 5.87. The Hall–Kier alpha value is -1.98. The first-order valence-corrected chi connectivity index (χ1v) is 4.02. The standard InChI is InChI=1S/C8H8N4O2/c1-4-3-9-8-10-5(2)11-12(8)6(4)7(13)14/h3H,1-2H3,(H,13,14). The minimum atomic E-state index is -1.03. The summed E-state index contributed by atoms with van der Waals surface area (Å²) in [6, 6.07) is 0. The summed E-state index contributed by atoms with van der Waals surface area (Å²) in [5.74, 6) is -0.212. The van der Waals surface area contributed by atoms with Crippen LogP contribution >= 0.6 is 0 Å². The van der Waals surface area contributed by atoms with Crippen molar-refractivity contribution in [1.82, 2.24) is 19.6 Å². The van der Waals surface area contributed by atoms with Crippen molar-refractivity contribution in [3.05, 3.63) is 23.3 Å². The second-order valence-electron chi connectivity index (χ2n) is 2.97. The molecule has 0 atom stereocenters. The molecule has 6 heteroatoms. The van der Waals surface area contributed by atoms with E-state index in [-0.39, 0.29) is 5.69 Å². The maximum absolute atomic E-state index is 10.9. The summed E-state index contributed by atoms with van der Waals surface area (Å²) in [5, 5.41) is 12.9. The van der Waals surface area contributed by atoms with E-state index in [4.69, 9.17) is 5.11 Å². The number of carbonyl (C=O) groups is 1. The number of carboxylic acid groups (broad SMARTS) is 1. The summed E-state index contributed by atoms with van der Waals surface area (Å²) < 4.78 is 1.24. The smallest absolute Gasteiger partial charge is 0.355 e. The SMILES string of the molecule is Cc1nc2ncc(C)c(C(=O)O)n2n1. The Morgan fingerprint density at radius 3 is 2.86 bits per heavy atom. The van der Waals surface area contributed by atoms with Gasteiger partial charge in [0, 0.05) is 11.8 Å². The average molecular weight is 192 g/mol. The van der Waals surface area contributed by atoms with Gasteiger partial charge >= 0.3 is 5.97 Å². The molecule has 0 aromatic carbocycles. The van der Waals surface area contributed by atoms with E-state index >= 15 is 0 Å². The quantitative estimate of drug-likeness (QED) is 0.709. The summed E-state index contributed by atoms with van der Waals surface area (Å²) in [5.41, 5.74) is 0.672. The van der Waals surface area contributed by atoms with Crippen LogP contribution in [-0.2, 0) is 0 Å². The molecular formula is C8H8N4O2. The van der Waals surface area contributed by atoms with Crippen molar-refractivity contribution in [3.8, 4) is 0 Å². The van der Waals surface area contributed by atoms with Gasteiger partial charge in [-0.15, -0.1) is 5.10 Å². The van der Waals surface area contributed by atoms with Crippen LogP contribution in [0.15, 0.2) is 6.20 Å². The lowest BCUT2D eigenvalue weighted by atomic mass is 10.2. The highest BCUT2D eigenvalue weighted by Crippen LogP contribution is 2.08. The minimum absolute atomic E-state index is 0.107. The normalized spacial score (nSPS) is 10.7. The molecule has 0 aliphatic rings. The summed E-state index contributed by atoms with van der Waals surface area (Å²) in [6.45, 7) is 3.36. The van der Waals surface area contributed by atoms with Gasteiger partial charge in [0.25, 0.3) is 5.78 Å². The molecular weight excluding hydrogens is 184 g/mol. The number of aromatic nitrogens is 4. The minimum Gasteiger partial charge on any atom is -0.476 e. The highest BCUT2D eigenvalue weighted by Gasteiger charge is 2.14. The van der Waals surface area contributed by atoms with Crippen LogP contribution < -0.4 is 0 Å². The summed E-state index contributed by atoms with van der Waals surface area (Å²) in [4.78, 5) is 18.9. The number of hydrogen-bond donors (Lipinski definition) is 1. The third-order valence-corrected chi connectivity index (χ3v) is 1.86. The molecule has 0 amide bonds. The molecule has 2 aromatic rings. The monoisotopic (exact) mass is 192 g/mol. The molecule has 0 aliphatic heterocycles. The third-order valence-electron chi connectivity index (χ3n) is 1.86. The zero-order valence-electron chi connectivity index (χ0n) is 7.72. The maximum atomic E-state index is 10.9. The zero-order chi connectivity index (χ0) is 10.3. The number of nitrogens with zero attached hydrogens (tertiary/aromatic N) is 4. The Bertz CT molecular complexity index is 517. The molecule has 2 aromatic heterocycles. The van der Waals surface area contributed by atoms with Gasteiger partial charge in [-0.2, -0.15) is 9.50 Å². The van der Waals surface area contributed by atoms with Crippen LogP contribution in [0.2, 0.25) is 0 Å². The second kappa shape index (κ2) is 2.76. The van der Waals surface area contributed by atoms with Gasteiger partial charge in [0.15, 0.2) is 5.69 Å². The number of rotatable bonds is 1. The Labute approximate surface area is 79.2 Å². The van der Waals surface area contributed by atoms with Crippen molar-refractivity contribution in [2.24, 2.45) is 0 Å². The van der Waals surface area contributed by atoms with E-state index in [9.17, 15) is 4.79 Å². The molecule has 0 aliphatic carbocycles. The molecule has 0 fully saturated rings. The number of carboxylic acids is 1. The van der Waals surface area contributed by atoms with Crippen LogP contribution in [0, 0.1) is 13.8 Å². The largest absolute Gasteiger partial charge is 0.476 e. The predicted molar refractivity (Wildman–Crippen MR) is 47.2 cm³/mol. The first kappa shape index (κ1) is 8.61. The molecule has 0 bridgehead atoms. The molecule has 2 heterocycles. The topological polar surface area (TPSA) is 80.4 Å². The van der Waals surface area contributed by atoms with Crippen LogP contribution in [0.5, 0.6) is 0 Å². The summed E-state index contributed by atoms with van der Waals surface area (Å²) >= 11 is 0. The number of hydrogen-bond acceptors (Lipinski definition) is 4. The summed E-state index contributed by atoms with van der Waals surface area (Å²) in [7, 11) is 0. The Morgan fingerprint density at radius 1 is 1.50 bits per heavy atom. The van der Waals surface area contributed by atoms with Crippen molar-refractivity contribution in [2.45, 2.75) is 13.8 Å². The van der Waals surface area contributed by atoms with Crippen molar-refractivity contribution >= 4 is 11.7 Å². The Kier molecular flexibility index (Phi) is 1.70. The Morgan fingerprint density at radius 2 is 2.21 bits per heavy atom. The van der Waals surface area contributed by atoms with Crippen LogP contribution in [0.1, 0.15) is 21.9 Å². The van der Waals surface area contributed by atoms with E-state index < -0.39 is 5.97 Å². The molecule has 0 saturated heterocycles. The first-order valence-electron chi connectivity index (χ1n) is 4.02. The maximum Gasteiger partial charge on any atom is 0.355 e. The lowest BCUT2D eigenvalue weighted by molar-refractivity contribution is 0.0686. The van der Waals surface area contributed by atoms with Crippen molar-refractivity contribution in [1.29, 1.82) is 0 Å². The van der Waals surface area contributed by atoms with Gasteiger partial charge in [0.2, 0.25) is 0 Å². The van der Waals surface area contributed by atoms with Crippen LogP contribution in [0.3, 0.4) is 0 Å². The molecule has 6 nitrogen and oxygen atoms in total. The second-order valence-corrected chi connectivity index (χ2v) is 2.97. The zero-order valence-corrected chi connectivity index (χ0v) is 7.72. The summed E-state index contributed by atoms with van der Waals surface area (Å²) in [6.07, 6.45) is 1.48. The van der Waals surface area contributed by atoms with Crippen molar-refractivity contribution in [2.75, 3.05) is 0 Å². The molecule has 0 saturated carbocycles. The fourth-order valence-corrected chi connectivity index (χ4v) is 1.28. The van der Waals surface area contributed by atoms with Crippen LogP contribution in [-0.4, -0.2) is 30.7 Å². The fraction of sp³-hybridized carbons (Fsp3) is 0.250. The molecule has 14 heavy (non-hydrogen) atoms. The van der Waals surface area contributed by atoms with Crippen LogP contribution in [0.25, 0.3) is 5.78 Å². The fourth-order valence-electron chi connectivity index (χ4n) is 1.28. The lowest BCUT2D eigenvalue weighted by Gasteiger charge is -2.00. The van der Waals surface area contributed by atoms with Crippen LogP contribution in [0.4, 0.5) is 0 Å². The molecule has 72 valence electrons. The van der Waals surface area contributed by atoms with Gasteiger partial charge in [0.05, 0.1) is 0 Å². The van der Waals surface area contributed by atoms with E-state index in [2.05, 4.69) is 15.1 Å². The molecule has 2 rings (SSSR count). The van der Waals surface area contributed by atoms with E-state index in [1.165, 1.54) is 10.7 Å². The predicted octanol–water partition coefficient (Wildman–Crippen LogP) is 0.439. The molecule has 0 radical (unpaired) electrons. The third kappa shape index (κ3) is 1.12. The molecule has 1 N–H and O–H groups in total. The number of fused-ring (bicyclic) bond motifs is 1. The van der Waals surface area contributed by atoms with Gasteiger partial charge in [0.1, 0.15) is 5.82 Å². The van der Waals surface area contributed by atoms with E-state index in [0.717, 1.165) is 0 Å². The molecule has 0 spiro atoms.